The summed E-state index contributed by atoms with van der Waals surface area (Å²) in [5, 5.41) is 13.4. The Hall–Kier alpha value is -1.52. The normalized spacial score (nSPS) is 34.3. The van der Waals surface area contributed by atoms with Crippen LogP contribution in [0.5, 0.6) is 0 Å². The van der Waals surface area contributed by atoms with E-state index in [-0.39, 0.29) is 28.9 Å². The summed E-state index contributed by atoms with van der Waals surface area (Å²) in [6, 6.07) is 7.36. The molecule has 0 spiro atoms. The van der Waals surface area contributed by atoms with Crippen LogP contribution in [-0.2, 0) is 21.4 Å². The molecule has 0 bridgehead atoms. The van der Waals surface area contributed by atoms with Crippen molar-refractivity contribution in [3.8, 4) is 0 Å². The highest BCUT2D eigenvalue weighted by Gasteiger charge is 2.38. The van der Waals surface area contributed by atoms with E-state index in [2.05, 4.69) is 26.0 Å². The number of sulfonamides is 1. The van der Waals surface area contributed by atoms with Gasteiger partial charge in [-0.15, -0.1) is 0 Å². The van der Waals surface area contributed by atoms with Gasteiger partial charge in [-0.1, -0.05) is 18.6 Å². The molecule has 6 unspecified atom stereocenters. The number of rotatable bonds is 6. The van der Waals surface area contributed by atoms with Crippen LogP contribution in [0.4, 0.5) is 0 Å². The highest BCUT2D eigenvalue weighted by atomic mass is 32.2. The predicted octanol–water partition coefficient (Wildman–Crippen LogP) is 0.842. The maximum atomic E-state index is 13.0. The molecule has 3 saturated heterocycles. The fourth-order valence-electron chi connectivity index (χ4n) is 6.25. The first-order valence-corrected chi connectivity index (χ1v) is 14.1. The minimum atomic E-state index is -3.58. The van der Waals surface area contributed by atoms with Gasteiger partial charge in [-0.05, 0) is 87.7 Å². The van der Waals surface area contributed by atoms with Gasteiger partial charge < -0.3 is 21.3 Å². The van der Waals surface area contributed by atoms with Crippen LogP contribution in [-0.4, -0.2) is 58.1 Å². The summed E-state index contributed by atoms with van der Waals surface area (Å²) >= 11 is 0. The van der Waals surface area contributed by atoms with Gasteiger partial charge in [0.05, 0.1) is 10.9 Å². The van der Waals surface area contributed by atoms with Crippen LogP contribution < -0.4 is 26.0 Å². The Morgan fingerprint density at radius 1 is 1.00 bits per heavy atom. The quantitative estimate of drug-likeness (QED) is 0.417. The van der Waals surface area contributed by atoms with E-state index in [9.17, 15) is 13.2 Å². The second kappa shape index (κ2) is 10.00. The van der Waals surface area contributed by atoms with Gasteiger partial charge in [0.2, 0.25) is 15.9 Å². The smallest absolute Gasteiger partial charge is 0.240 e. The lowest BCUT2D eigenvalue weighted by Gasteiger charge is -2.42. The zero-order chi connectivity index (χ0) is 22.8. The van der Waals surface area contributed by atoms with Crippen LogP contribution in [0.2, 0.25) is 0 Å². The van der Waals surface area contributed by atoms with Crippen LogP contribution >= 0.6 is 0 Å². The standard InChI is InChI=1S/C24H37N5O3S/c30-24(22-13-18-15-25-12-10-20(18)28-22)27-14-16-6-8-19(9-7-16)33(31,32)29-21-5-1-3-17-4-2-11-26-23(17)21/h6-9,17-18,20-23,25-26,28-29H,1-5,10-15H2,(H,27,30). The second-order valence-corrected chi connectivity index (χ2v) is 11.9. The first-order chi connectivity index (χ1) is 16.0. The molecule has 33 heavy (non-hydrogen) atoms. The summed E-state index contributed by atoms with van der Waals surface area (Å²) in [6.45, 7) is 3.35. The molecule has 5 rings (SSSR count). The lowest BCUT2D eigenvalue weighted by atomic mass is 9.77. The third-order valence-corrected chi connectivity index (χ3v) is 9.55. The molecule has 0 radical (unpaired) electrons. The lowest BCUT2D eigenvalue weighted by Crippen LogP contribution is -2.57. The number of amides is 1. The van der Waals surface area contributed by atoms with Crippen molar-refractivity contribution in [2.24, 2.45) is 11.8 Å². The van der Waals surface area contributed by atoms with E-state index in [0.717, 1.165) is 50.9 Å². The first-order valence-electron chi connectivity index (χ1n) is 12.6. The Morgan fingerprint density at radius 2 is 1.82 bits per heavy atom. The maximum Gasteiger partial charge on any atom is 0.240 e. The Kier molecular flexibility index (Phi) is 7.04. The van der Waals surface area contributed by atoms with E-state index in [0.29, 0.717) is 24.4 Å². The lowest BCUT2D eigenvalue weighted by molar-refractivity contribution is -0.123. The van der Waals surface area contributed by atoms with Gasteiger partial charge in [0, 0.05) is 24.7 Å². The molecule has 1 saturated carbocycles. The Bertz CT molecular complexity index is 922. The molecule has 1 aromatic rings. The fourth-order valence-corrected chi connectivity index (χ4v) is 7.55. The third kappa shape index (κ3) is 5.27. The molecular formula is C24H37N5O3S. The Morgan fingerprint density at radius 3 is 2.64 bits per heavy atom. The van der Waals surface area contributed by atoms with Crippen molar-refractivity contribution < 1.29 is 13.2 Å². The van der Waals surface area contributed by atoms with E-state index in [1.807, 2.05) is 0 Å². The van der Waals surface area contributed by atoms with E-state index in [4.69, 9.17) is 0 Å². The van der Waals surface area contributed by atoms with Crippen molar-refractivity contribution in [2.75, 3.05) is 19.6 Å². The van der Waals surface area contributed by atoms with E-state index >= 15 is 0 Å². The maximum absolute atomic E-state index is 13.0. The predicted molar refractivity (Wildman–Crippen MR) is 127 cm³/mol. The zero-order valence-corrected chi connectivity index (χ0v) is 20.0. The largest absolute Gasteiger partial charge is 0.351 e. The molecule has 9 heteroatoms. The Balaban J connectivity index is 1.15. The van der Waals surface area contributed by atoms with Gasteiger partial charge in [-0.25, -0.2) is 13.1 Å². The molecule has 182 valence electrons. The fraction of sp³-hybridized carbons (Fsp3) is 0.708. The third-order valence-electron chi connectivity index (χ3n) is 8.05. The van der Waals surface area contributed by atoms with Gasteiger partial charge in [0.15, 0.2) is 0 Å². The summed E-state index contributed by atoms with van der Waals surface area (Å²) in [4.78, 5) is 12.9. The number of piperidine rings is 2. The molecule has 3 heterocycles. The number of hydrogen-bond donors (Lipinski definition) is 5. The minimum absolute atomic E-state index is 0.0228. The first kappa shape index (κ1) is 23.2. The molecule has 3 aliphatic heterocycles. The van der Waals surface area contributed by atoms with Crippen molar-refractivity contribution in [3.63, 3.8) is 0 Å². The molecule has 5 N–H and O–H groups in total. The SMILES string of the molecule is O=C(NCc1ccc(S(=O)(=O)NC2CCCC3CCCNC32)cc1)C1CC2CNCCC2N1. The van der Waals surface area contributed by atoms with Crippen LogP contribution in [0.25, 0.3) is 0 Å². The number of carbonyl (C=O) groups is 1. The summed E-state index contributed by atoms with van der Waals surface area (Å²) in [7, 11) is -3.58. The monoisotopic (exact) mass is 475 g/mol. The highest BCUT2D eigenvalue weighted by molar-refractivity contribution is 7.89. The minimum Gasteiger partial charge on any atom is -0.351 e. The number of benzene rings is 1. The van der Waals surface area contributed by atoms with Gasteiger partial charge in [0.25, 0.3) is 0 Å². The van der Waals surface area contributed by atoms with E-state index in [1.165, 1.54) is 19.3 Å². The average Bonchev–Trinajstić information content (AvgIpc) is 3.27. The second-order valence-electron chi connectivity index (χ2n) is 10.2. The number of hydrogen-bond acceptors (Lipinski definition) is 6. The number of fused-ring (bicyclic) bond motifs is 2. The van der Waals surface area contributed by atoms with E-state index in [1.54, 1.807) is 24.3 Å². The molecule has 6 atom stereocenters. The molecule has 1 aromatic carbocycles. The molecule has 0 aromatic heterocycles. The summed E-state index contributed by atoms with van der Waals surface area (Å²) in [5.74, 6) is 1.12. The van der Waals surface area contributed by atoms with Crippen molar-refractivity contribution in [2.45, 2.75) is 80.6 Å². The van der Waals surface area contributed by atoms with Crippen molar-refractivity contribution in [1.29, 1.82) is 0 Å². The van der Waals surface area contributed by atoms with Gasteiger partial charge >= 0.3 is 0 Å². The van der Waals surface area contributed by atoms with Crippen LogP contribution in [0.15, 0.2) is 29.2 Å². The summed E-state index contributed by atoms with van der Waals surface area (Å²) in [6.07, 6.45) is 7.43. The molecule has 1 amide bonds. The van der Waals surface area contributed by atoms with Crippen LogP contribution in [0.1, 0.15) is 50.5 Å². The van der Waals surface area contributed by atoms with Gasteiger partial charge in [0.1, 0.15) is 0 Å². The molecule has 4 fully saturated rings. The topological polar surface area (TPSA) is 111 Å². The van der Waals surface area contributed by atoms with Gasteiger partial charge in [-0.3, -0.25) is 4.79 Å². The molecular weight excluding hydrogens is 438 g/mol. The summed E-state index contributed by atoms with van der Waals surface area (Å²) < 4.78 is 29.0. The molecule has 1 aliphatic carbocycles. The van der Waals surface area contributed by atoms with Crippen LogP contribution in [0, 0.1) is 11.8 Å². The molecule has 4 aliphatic rings. The van der Waals surface area contributed by atoms with Crippen molar-refractivity contribution >= 4 is 15.9 Å². The van der Waals surface area contributed by atoms with Crippen molar-refractivity contribution in [3.05, 3.63) is 29.8 Å². The highest BCUT2D eigenvalue weighted by Crippen LogP contribution is 2.31. The zero-order valence-electron chi connectivity index (χ0n) is 19.2. The Labute approximate surface area is 197 Å². The number of nitrogens with one attached hydrogen (secondary N) is 5. The van der Waals surface area contributed by atoms with Gasteiger partial charge in [-0.2, -0.15) is 0 Å². The molecule has 8 nitrogen and oxygen atoms in total. The van der Waals surface area contributed by atoms with Crippen LogP contribution in [0.3, 0.4) is 0 Å². The van der Waals surface area contributed by atoms with E-state index < -0.39 is 10.0 Å². The van der Waals surface area contributed by atoms with Crippen molar-refractivity contribution in [1.82, 2.24) is 26.0 Å². The number of carbonyl (C=O) groups excluding carboxylic acids is 1. The average molecular weight is 476 g/mol. The summed E-state index contributed by atoms with van der Waals surface area (Å²) in [5.41, 5.74) is 0.894.